The molecule has 3 atom stereocenters. The van der Waals surface area contributed by atoms with Crippen LogP contribution in [-0.4, -0.2) is 45.2 Å². The molecule has 0 spiro atoms. The molecule has 3 heterocycles. The van der Waals surface area contributed by atoms with Gasteiger partial charge in [0.25, 0.3) is 5.91 Å². The van der Waals surface area contributed by atoms with Crippen LogP contribution < -0.4 is 4.74 Å². The Morgan fingerprint density at radius 1 is 1.22 bits per heavy atom. The summed E-state index contributed by atoms with van der Waals surface area (Å²) in [5.74, 6) is 0.479. The van der Waals surface area contributed by atoms with Gasteiger partial charge in [-0.25, -0.2) is 4.98 Å². The van der Waals surface area contributed by atoms with Gasteiger partial charge in [-0.1, -0.05) is 23.7 Å². The highest BCUT2D eigenvalue weighted by molar-refractivity contribution is 6.30. The van der Waals surface area contributed by atoms with E-state index in [0.717, 1.165) is 5.56 Å². The second-order valence-electron chi connectivity index (χ2n) is 7.94. The highest BCUT2D eigenvalue weighted by atomic mass is 35.5. The first-order chi connectivity index (χ1) is 15.4. The van der Waals surface area contributed by atoms with Crippen molar-refractivity contribution in [1.29, 1.82) is 5.26 Å². The highest BCUT2D eigenvalue weighted by Crippen LogP contribution is 2.37. The number of ether oxygens (including phenoxy) is 1. The molecule has 2 aromatic heterocycles. The molecule has 1 saturated heterocycles. The molecule has 32 heavy (non-hydrogen) atoms. The number of halogens is 1. The maximum absolute atomic E-state index is 13.2. The molecule has 3 unspecified atom stereocenters. The van der Waals surface area contributed by atoms with Gasteiger partial charge in [0.05, 0.1) is 23.0 Å². The Kier molecular flexibility index (Phi) is 6.33. The lowest BCUT2D eigenvalue weighted by molar-refractivity contribution is 0.0769. The van der Waals surface area contributed by atoms with Gasteiger partial charge in [0.1, 0.15) is 12.2 Å². The van der Waals surface area contributed by atoms with Crippen LogP contribution in [0.2, 0.25) is 5.02 Å². The molecule has 1 aliphatic heterocycles. The van der Waals surface area contributed by atoms with Crippen LogP contribution in [0.5, 0.6) is 5.88 Å². The number of nitrogens with zero attached hydrogens (tertiary/aromatic N) is 5. The normalized spacial score (nSPS) is 18.8. The van der Waals surface area contributed by atoms with Crippen molar-refractivity contribution in [3.05, 3.63) is 82.3 Å². The molecule has 0 N–H and O–H groups in total. The van der Waals surface area contributed by atoms with Crippen molar-refractivity contribution in [2.24, 2.45) is 5.92 Å². The Morgan fingerprint density at radius 3 is 2.66 bits per heavy atom. The Hall–Kier alpha value is -3.50. The van der Waals surface area contributed by atoms with E-state index in [1.54, 1.807) is 18.2 Å². The maximum atomic E-state index is 13.2. The SMILES string of the molecule is Cc1cc(C(=O)N2CC(c3ccc(Cl)cc3)C(C(C)Oc3ccc(C#N)cn3)C2)cnn1. The van der Waals surface area contributed by atoms with E-state index in [9.17, 15) is 4.79 Å². The summed E-state index contributed by atoms with van der Waals surface area (Å²) in [6.07, 6.45) is 2.77. The summed E-state index contributed by atoms with van der Waals surface area (Å²) in [6, 6.07) is 14.9. The molecule has 0 aliphatic carbocycles. The molecule has 1 aliphatic rings. The number of benzene rings is 1. The summed E-state index contributed by atoms with van der Waals surface area (Å²) in [5.41, 5.74) is 2.80. The minimum absolute atomic E-state index is 0.0356. The lowest BCUT2D eigenvalue weighted by atomic mass is 9.86. The topological polar surface area (TPSA) is 92.0 Å². The van der Waals surface area contributed by atoms with Gasteiger partial charge in [-0.05, 0) is 43.7 Å². The number of pyridine rings is 1. The van der Waals surface area contributed by atoms with Crippen LogP contribution in [-0.2, 0) is 0 Å². The Labute approximate surface area is 191 Å². The lowest BCUT2D eigenvalue weighted by Gasteiger charge is -2.25. The van der Waals surface area contributed by atoms with Crippen LogP contribution in [0, 0.1) is 24.2 Å². The average molecular weight is 448 g/mol. The van der Waals surface area contributed by atoms with E-state index in [2.05, 4.69) is 21.3 Å². The van der Waals surface area contributed by atoms with E-state index in [1.165, 1.54) is 12.4 Å². The van der Waals surface area contributed by atoms with E-state index >= 15 is 0 Å². The van der Waals surface area contributed by atoms with Crippen molar-refractivity contribution >= 4 is 17.5 Å². The lowest BCUT2D eigenvalue weighted by Crippen LogP contribution is -2.32. The molecule has 0 radical (unpaired) electrons. The molecule has 162 valence electrons. The van der Waals surface area contributed by atoms with E-state index in [0.29, 0.717) is 40.8 Å². The third-order valence-corrected chi connectivity index (χ3v) is 6.00. The smallest absolute Gasteiger partial charge is 0.255 e. The van der Waals surface area contributed by atoms with Gasteiger partial charge >= 0.3 is 0 Å². The van der Waals surface area contributed by atoms with Crippen molar-refractivity contribution in [2.75, 3.05) is 13.1 Å². The first-order valence-corrected chi connectivity index (χ1v) is 10.7. The first-order valence-electron chi connectivity index (χ1n) is 10.3. The van der Waals surface area contributed by atoms with Gasteiger partial charge in [-0.15, -0.1) is 0 Å². The third-order valence-electron chi connectivity index (χ3n) is 5.75. The van der Waals surface area contributed by atoms with Gasteiger partial charge in [0, 0.05) is 42.2 Å². The fourth-order valence-electron chi connectivity index (χ4n) is 4.10. The zero-order valence-electron chi connectivity index (χ0n) is 17.8. The van der Waals surface area contributed by atoms with Crippen molar-refractivity contribution < 1.29 is 9.53 Å². The number of aryl methyl sites for hydroxylation is 1. The number of likely N-dealkylation sites (tertiary alicyclic amines) is 1. The summed E-state index contributed by atoms with van der Waals surface area (Å²) in [6.45, 7) is 4.89. The predicted molar refractivity (Wildman–Crippen MR) is 119 cm³/mol. The van der Waals surface area contributed by atoms with Gasteiger partial charge in [0.15, 0.2) is 0 Å². The summed E-state index contributed by atoms with van der Waals surface area (Å²) in [4.78, 5) is 19.2. The van der Waals surface area contributed by atoms with Crippen LogP contribution in [0.1, 0.15) is 40.0 Å². The number of rotatable bonds is 5. The molecule has 3 aromatic rings. The minimum Gasteiger partial charge on any atom is -0.474 e. The summed E-state index contributed by atoms with van der Waals surface area (Å²) < 4.78 is 6.12. The molecule has 1 amide bonds. The Morgan fingerprint density at radius 2 is 2.00 bits per heavy atom. The van der Waals surface area contributed by atoms with Crippen molar-refractivity contribution in [3.63, 3.8) is 0 Å². The fourth-order valence-corrected chi connectivity index (χ4v) is 4.23. The Balaban J connectivity index is 1.58. The zero-order chi connectivity index (χ0) is 22.7. The van der Waals surface area contributed by atoms with Crippen LogP contribution in [0.25, 0.3) is 0 Å². The van der Waals surface area contributed by atoms with E-state index in [4.69, 9.17) is 21.6 Å². The van der Waals surface area contributed by atoms with Crippen LogP contribution >= 0.6 is 11.6 Å². The third kappa shape index (κ3) is 4.71. The quantitative estimate of drug-likeness (QED) is 0.586. The largest absolute Gasteiger partial charge is 0.474 e. The van der Waals surface area contributed by atoms with E-state index in [1.807, 2.05) is 43.0 Å². The molecule has 4 rings (SSSR count). The van der Waals surface area contributed by atoms with Crippen LogP contribution in [0.3, 0.4) is 0 Å². The number of hydrogen-bond donors (Lipinski definition) is 0. The average Bonchev–Trinajstić information content (AvgIpc) is 3.25. The van der Waals surface area contributed by atoms with E-state index < -0.39 is 0 Å². The van der Waals surface area contributed by atoms with Gasteiger partial charge < -0.3 is 9.64 Å². The summed E-state index contributed by atoms with van der Waals surface area (Å²) in [5, 5.41) is 17.5. The van der Waals surface area contributed by atoms with Gasteiger partial charge in [-0.2, -0.15) is 15.5 Å². The Bertz CT molecular complexity index is 1140. The number of carbonyl (C=O) groups excluding carboxylic acids is 1. The standard InChI is InChI=1S/C24H22ClN5O2/c1-15-9-19(12-28-29-15)24(31)30-13-21(22(14-30)18-4-6-20(25)7-5-18)16(2)32-23-8-3-17(10-26)11-27-23/h3-9,11-12,16,21-22H,13-14H2,1-2H3. The first kappa shape index (κ1) is 21.7. The second kappa shape index (κ2) is 9.33. The van der Waals surface area contributed by atoms with Crippen molar-refractivity contribution in [2.45, 2.75) is 25.9 Å². The molecule has 0 bridgehead atoms. The summed E-state index contributed by atoms with van der Waals surface area (Å²) >= 11 is 6.09. The molecular weight excluding hydrogens is 426 g/mol. The number of nitriles is 1. The zero-order valence-corrected chi connectivity index (χ0v) is 18.5. The van der Waals surface area contributed by atoms with E-state index in [-0.39, 0.29) is 23.8 Å². The van der Waals surface area contributed by atoms with Gasteiger partial charge in [-0.3, -0.25) is 4.79 Å². The van der Waals surface area contributed by atoms with Gasteiger partial charge in [0.2, 0.25) is 5.88 Å². The number of carbonyl (C=O) groups is 1. The second-order valence-corrected chi connectivity index (χ2v) is 8.37. The highest BCUT2D eigenvalue weighted by Gasteiger charge is 2.40. The number of aromatic nitrogens is 3. The van der Waals surface area contributed by atoms with Crippen molar-refractivity contribution in [1.82, 2.24) is 20.1 Å². The molecule has 7 nitrogen and oxygen atoms in total. The maximum Gasteiger partial charge on any atom is 0.255 e. The molecule has 0 saturated carbocycles. The molecular formula is C24H22ClN5O2. The molecule has 1 fully saturated rings. The summed E-state index contributed by atoms with van der Waals surface area (Å²) in [7, 11) is 0. The molecule has 8 heteroatoms. The number of amides is 1. The fraction of sp³-hybridized carbons (Fsp3) is 0.292. The monoisotopic (exact) mass is 447 g/mol. The van der Waals surface area contributed by atoms with Crippen molar-refractivity contribution in [3.8, 4) is 11.9 Å². The number of hydrogen-bond acceptors (Lipinski definition) is 6. The van der Waals surface area contributed by atoms with Crippen LogP contribution in [0.4, 0.5) is 0 Å². The molecule has 1 aromatic carbocycles. The minimum atomic E-state index is -0.216. The van der Waals surface area contributed by atoms with Crippen LogP contribution in [0.15, 0.2) is 54.9 Å². The predicted octanol–water partition coefficient (Wildman–Crippen LogP) is 4.03.